The van der Waals surface area contributed by atoms with E-state index in [0.29, 0.717) is 29.4 Å². The zero-order valence-corrected chi connectivity index (χ0v) is 12.2. The summed E-state index contributed by atoms with van der Waals surface area (Å²) in [6.07, 6.45) is 3.31. The fraction of sp³-hybridized carbons (Fsp3) is 0.357. The number of nitro groups is 1. The number of nitrogens with one attached hydrogen (secondary N) is 2. The van der Waals surface area contributed by atoms with Gasteiger partial charge in [-0.15, -0.1) is 0 Å². The first kappa shape index (κ1) is 15.3. The quantitative estimate of drug-likeness (QED) is 0.511. The Labute approximate surface area is 127 Å². The summed E-state index contributed by atoms with van der Waals surface area (Å²) in [6.45, 7) is 0.654. The van der Waals surface area contributed by atoms with Gasteiger partial charge < -0.3 is 10.6 Å². The summed E-state index contributed by atoms with van der Waals surface area (Å²) >= 11 is 5.76. The van der Waals surface area contributed by atoms with Crippen molar-refractivity contribution in [2.75, 3.05) is 11.9 Å². The van der Waals surface area contributed by atoms with Crippen LogP contribution in [0.25, 0.3) is 0 Å². The largest absolute Gasteiger partial charge is 0.383 e. The third kappa shape index (κ3) is 4.19. The molecule has 1 aromatic carbocycles. The van der Waals surface area contributed by atoms with Crippen LogP contribution in [0.1, 0.15) is 25.7 Å². The van der Waals surface area contributed by atoms with E-state index in [1.54, 1.807) is 24.3 Å². The van der Waals surface area contributed by atoms with Crippen LogP contribution < -0.4 is 10.6 Å². The Morgan fingerprint density at radius 3 is 2.62 bits per heavy atom. The zero-order chi connectivity index (χ0) is 15.2. The van der Waals surface area contributed by atoms with Crippen molar-refractivity contribution >= 4 is 23.2 Å². The number of nitrogens with zero attached hydrogens (tertiary/aromatic N) is 1. The van der Waals surface area contributed by atoms with Gasteiger partial charge in [0.15, 0.2) is 0 Å². The number of carbonyl (C=O) groups excluding carboxylic acids is 1. The van der Waals surface area contributed by atoms with Gasteiger partial charge in [0.1, 0.15) is 0 Å². The molecule has 6 nitrogen and oxygen atoms in total. The minimum Gasteiger partial charge on any atom is -0.383 e. The van der Waals surface area contributed by atoms with Gasteiger partial charge >= 0.3 is 11.6 Å². The van der Waals surface area contributed by atoms with Crippen LogP contribution in [0, 0.1) is 10.1 Å². The van der Waals surface area contributed by atoms with Crippen LogP contribution in [0.4, 0.5) is 5.69 Å². The first-order chi connectivity index (χ1) is 10.1. The van der Waals surface area contributed by atoms with Gasteiger partial charge in [-0.1, -0.05) is 18.0 Å². The topological polar surface area (TPSA) is 84.3 Å². The monoisotopic (exact) mass is 309 g/mol. The average Bonchev–Trinajstić information content (AvgIpc) is 2.70. The normalized spacial score (nSPS) is 17.4. The number of amides is 1. The molecule has 112 valence electrons. The molecule has 0 aromatic heterocycles. The number of hydrogen-bond acceptors (Lipinski definition) is 4. The van der Waals surface area contributed by atoms with Crippen LogP contribution in [0.3, 0.4) is 0 Å². The van der Waals surface area contributed by atoms with Crippen LogP contribution >= 0.6 is 11.6 Å². The molecule has 0 atom stereocenters. The third-order valence-electron chi connectivity index (χ3n) is 3.23. The number of halogens is 1. The van der Waals surface area contributed by atoms with Crippen molar-refractivity contribution in [3.05, 3.63) is 50.8 Å². The molecule has 1 amide bonds. The van der Waals surface area contributed by atoms with Crippen molar-refractivity contribution < 1.29 is 9.72 Å². The molecule has 1 aromatic rings. The molecular formula is C14H16ClN3O3. The molecule has 0 radical (unpaired) electrons. The molecule has 2 N–H and O–H groups in total. The lowest BCUT2D eigenvalue weighted by Gasteiger charge is -2.09. The van der Waals surface area contributed by atoms with Gasteiger partial charge in [0.25, 0.3) is 0 Å². The third-order valence-corrected chi connectivity index (χ3v) is 3.48. The summed E-state index contributed by atoms with van der Waals surface area (Å²) in [6, 6.07) is 6.42. The smallest absolute Gasteiger partial charge is 0.352 e. The number of anilines is 1. The number of benzene rings is 1. The van der Waals surface area contributed by atoms with Crippen LogP contribution in [-0.2, 0) is 4.79 Å². The van der Waals surface area contributed by atoms with Crippen LogP contribution in [0.2, 0.25) is 5.02 Å². The maximum absolute atomic E-state index is 12.2. The maximum atomic E-state index is 12.2. The Bertz CT molecular complexity index is 559. The fourth-order valence-electron chi connectivity index (χ4n) is 2.19. The second-order valence-corrected chi connectivity index (χ2v) is 5.22. The number of rotatable bonds is 3. The Balaban J connectivity index is 2.21. The van der Waals surface area contributed by atoms with Gasteiger partial charge in [0.05, 0.1) is 10.6 Å². The molecule has 7 heteroatoms. The van der Waals surface area contributed by atoms with E-state index in [1.807, 2.05) is 0 Å². The van der Waals surface area contributed by atoms with Gasteiger partial charge in [-0.25, -0.2) is 0 Å². The van der Waals surface area contributed by atoms with Crippen molar-refractivity contribution in [1.82, 2.24) is 5.32 Å². The molecule has 1 heterocycles. The summed E-state index contributed by atoms with van der Waals surface area (Å²) in [4.78, 5) is 22.8. The Morgan fingerprint density at radius 1 is 1.24 bits per heavy atom. The molecule has 0 aliphatic carbocycles. The minimum absolute atomic E-state index is 0.406. The van der Waals surface area contributed by atoms with Gasteiger partial charge in [-0.05, 0) is 43.5 Å². The Kier molecular flexibility index (Phi) is 5.16. The van der Waals surface area contributed by atoms with Crippen molar-refractivity contribution in [3.63, 3.8) is 0 Å². The second kappa shape index (κ2) is 7.08. The van der Waals surface area contributed by atoms with E-state index in [-0.39, 0.29) is 0 Å². The summed E-state index contributed by atoms with van der Waals surface area (Å²) in [5.74, 6) is -0.716. The molecule has 0 saturated carbocycles. The minimum atomic E-state index is -0.716. The summed E-state index contributed by atoms with van der Waals surface area (Å²) in [5.41, 5.74) is 0.466. The van der Waals surface area contributed by atoms with Gasteiger partial charge in [0.2, 0.25) is 0 Å². The highest BCUT2D eigenvalue weighted by molar-refractivity contribution is 6.30. The van der Waals surface area contributed by atoms with E-state index in [0.717, 1.165) is 19.3 Å². The van der Waals surface area contributed by atoms with Gasteiger partial charge in [0, 0.05) is 17.3 Å². The second-order valence-electron chi connectivity index (χ2n) is 4.78. The zero-order valence-electron chi connectivity index (χ0n) is 11.4. The molecule has 1 saturated heterocycles. The molecular weight excluding hydrogens is 294 g/mol. The van der Waals surface area contributed by atoms with Crippen LogP contribution in [0.15, 0.2) is 35.7 Å². The predicted molar refractivity (Wildman–Crippen MR) is 80.6 cm³/mol. The molecule has 0 unspecified atom stereocenters. The van der Waals surface area contributed by atoms with Gasteiger partial charge in [-0.3, -0.25) is 14.9 Å². The van der Waals surface area contributed by atoms with E-state index in [1.165, 1.54) is 0 Å². The van der Waals surface area contributed by atoms with Crippen LogP contribution in [-0.4, -0.2) is 17.4 Å². The van der Waals surface area contributed by atoms with E-state index in [4.69, 9.17) is 11.6 Å². The highest BCUT2D eigenvalue weighted by Gasteiger charge is 2.28. The maximum Gasteiger partial charge on any atom is 0.352 e. The molecule has 2 rings (SSSR count). The highest BCUT2D eigenvalue weighted by atomic mass is 35.5. The first-order valence-corrected chi connectivity index (χ1v) is 7.14. The summed E-state index contributed by atoms with van der Waals surface area (Å²) in [7, 11) is 0. The summed E-state index contributed by atoms with van der Waals surface area (Å²) in [5, 5.41) is 17.3. The lowest BCUT2D eigenvalue weighted by molar-refractivity contribution is -0.420. The lowest BCUT2D eigenvalue weighted by atomic mass is 10.1. The standard InChI is InChI=1S/C14H16ClN3O3/c15-10-5-7-11(8-6-10)17-14(19)13(18(20)21)12-4-2-1-3-9-16-12/h5-8,16H,1-4,9H2,(H,17,19). The molecule has 21 heavy (non-hydrogen) atoms. The Morgan fingerprint density at radius 2 is 1.95 bits per heavy atom. The predicted octanol–water partition coefficient (Wildman–Crippen LogP) is 2.93. The SMILES string of the molecule is O=C(Nc1ccc(Cl)cc1)C(=C1CCCCCN1)[N+](=O)[O-]. The number of carbonyl (C=O) groups is 1. The molecule has 0 spiro atoms. The lowest BCUT2D eigenvalue weighted by Crippen LogP contribution is -2.26. The molecule has 1 fully saturated rings. The van der Waals surface area contributed by atoms with E-state index < -0.39 is 16.5 Å². The van der Waals surface area contributed by atoms with Crippen LogP contribution in [0.5, 0.6) is 0 Å². The number of hydrogen-bond donors (Lipinski definition) is 2. The average molecular weight is 310 g/mol. The highest BCUT2D eigenvalue weighted by Crippen LogP contribution is 2.18. The van der Waals surface area contributed by atoms with Crippen molar-refractivity contribution in [2.24, 2.45) is 0 Å². The van der Waals surface area contributed by atoms with Crippen molar-refractivity contribution in [1.29, 1.82) is 0 Å². The number of allylic oxidation sites excluding steroid dienone is 1. The van der Waals surface area contributed by atoms with Crippen molar-refractivity contribution in [2.45, 2.75) is 25.7 Å². The molecule has 1 aliphatic rings. The summed E-state index contributed by atoms with van der Waals surface area (Å²) < 4.78 is 0. The van der Waals surface area contributed by atoms with Gasteiger partial charge in [-0.2, -0.15) is 0 Å². The van der Waals surface area contributed by atoms with Crippen molar-refractivity contribution in [3.8, 4) is 0 Å². The first-order valence-electron chi connectivity index (χ1n) is 6.76. The molecule has 1 aliphatic heterocycles. The van der Waals surface area contributed by atoms with E-state index in [9.17, 15) is 14.9 Å². The van der Waals surface area contributed by atoms with E-state index >= 15 is 0 Å². The molecule has 0 bridgehead atoms. The van der Waals surface area contributed by atoms with E-state index in [2.05, 4.69) is 10.6 Å². The fourth-order valence-corrected chi connectivity index (χ4v) is 2.31. The Hall–Kier alpha value is -2.08.